The number of carbonyl (C=O) groups is 1. The highest BCUT2D eigenvalue weighted by molar-refractivity contribution is 6.33. The number of hydrogen-bond acceptors (Lipinski definition) is 3. The van der Waals surface area contributed by atoms with Gasteiger partial charge in [0.2, 0.25) is 5.89 Å². The Balaban J connectivity index is 2.18. The van der Waals surface area contributed by atoms with Gasteiger partial charge in [-0.1, -0.05) is 17.7 Å². The van der Waals surface area contributed by atoms with E-state index in [1.54, 1.807) is 6.07 Å². The van der Waals surface area contributed by atoms with Crippen molar-refractivity contribution in [3.8, 4) is 11.5 Å². The Kier molecular flexibility index (Phi) is 2.91. The number of fused-ring (bicyclic) bond motifs is 1. The Morgan fingerprint density at radius 1 is 1.30 bits per heavy atom. The molecule has 0 spiro atoms. The molecule has 0 saturated heterocycles. The van der Waals surface area contributed by atoms with Crippen molar-refractivity contribution in [2.45, 2.75) is 0 Å². The summed E-state index contributed by atoms with van der Waals surface area (Å²) >= 11 is 5.87. The standard InChI is InChI=1S/C14H7ClFNO3/c15-12-8(2-1-3-9(12)16)13-17-10-6-7(14(18)19)4-5-11(10)20-13/h1-6H,(H,18,19). The first-order valence-electron chi connectivity index (χ1n) is 5.64. The number of rotatable bonds is 2. The minimum atomic E-state index is -1.06. The smallest absolute Gasteiger partial charge is 0.335 e. The topological polar surface area (TPSA) is 63.3 Å². The number of carboxylic acid groups (broad SMARTS) is 1. The summed E-state index contributed by atoms with van der Waals surface area (Å²) < 4.78 is 18.9. The van der Waals surface area contributed by atoms with Gasteiger partial charge in [-0.15, -0.1) is 0 Å². The van der Waals surface area contributed by atoms with Crippen molar-refractivity contribution in [1.82, 2.24) is 4.98 Å². The summed E-state index contributed by atoms with van der Waals surface area (Å²) in [4.78, 5) is 15.0. The molecule has 4 nitrogen and oxygen atoms in total. The van der Waals surface area contributed by atoms with E-state index in [4.69, 9.17) is 21.1 Å². The molecule has 0 aliphatic carbocycles. The lowest BCUT2D eigenvalue weighted by Gasteiger charge is -1.99. The predicted molar refractivity (Wildman–Crippen MR) is 71.4 cm³/mol. The summed E-state index contributed by atoms with van der Waals surface area (Å²) in [5.41, 5.74) is 1.20. The Hall–Kier alpha value is -2.40. The Morgan fingerprint density at radius 3 is 2.85 bits per heavy atom. The second kappa shape index (κ2) is 4.61. The quantitative estimate of drug-likeness (QED) is 0.775. The third kappa shape index (κ3) is 2.02. The molecule has 0 bridgehead atoms. The minimum absolute atomic E-state index is 0.0856. The molecule has 20 heavy (non-hydrogen) atoms. The first-order valence-corrected chi connectivity index (χ1v) is 6.02. The van der Waals surface area contributed by atoms with Crippen LogP contribution < -0.4 is 0 Å². The van der Waals surface area contributed by atoms with Crippen molar-refractivity contribution in [2.75, 3.05) is 0 Å². The normalized spacial score (nSPS) is 10.9. The molecule has 1 heterocycles. The number of halogens is 2. The molecule has 0 aliphatic heterocycles. The van der Waals surface area contributed by atoms with Crippen LogP contribution in [0.2, 0.25) is 5.02 Å². The third-order valence-corrected chi connectivity index (χ3v) is 3.20. The van der Waals surface area contributed by atoms with Gasteiger partial charge < -0.3 is 9.52 Å². The number of oxazole rings is 1. The van der Waals surface area contributed by atoms with Gasteiger partial charge in [-0.25, -0.2) is 14.2 Å². The first kappa shape index (κ1) is 12.6. The zero-order valence-electron chi connectivity index (χ0n) is 9.93. The molecule has 3 aromatic rings. The lowest BCUT2D eigenvalue weighted by atomic mass is 10.2. The van der Waals surface area contributed by atoms with Crippen LogP contribution in [0.3, 0.4) is 0 Å². The molecule has 3 rings (SSSR count). The second-order valence-electron chi connectivity index (χ2n) is 4.11. The van der Waals surface area contributed by atoms with Crippen LogP contribution in [-0.2, 0) is 0 Å². The summed E-state index contributed by atoms with van der Waals surface area (Å²) in [6.07, 6.45) is 0. The van der Waals surface area contributed by atoms with E-state index in [0.29, 0.717) is 16.7 Å². The Morgan fingerprint density at radius 2 is 2.10 bits per heavy atom. The summed E-state index contributed by atoms with van der Waals surface area (Å²) in [5, 5.41) is 8.83. The molecule has 0 atom stereocenters. The maximum atomic E-state index is 13.4. The molecule has 0 saturated carbocycles. The molecule has 6 heteroatoms. The van der Waals surface area contributed by atoms with E-state index in [1.807, 2.05) is 0 Å². The fraction of sp³-hybridized carbons (Fsp3) is 0. The van der Waals surface area contributed by atoms with Crippen molar-refractivity contribution in [2.24, 2.45) is 0 Å². The molecule has 1 N–H and O–H groups in total. The van der Waals surface area contributed by atoms with Gasteiger partial charge in [-0.05, 0) is 30.3 Å². The highest BCUT2D eigenvalue weighted by atomic mass is 35.5. The molecule has 0 amide bonds. The largest absolute Gasteiger partial charge is 0.478 e. The Labute approximate surface area is 117 Å². The highest BCUT2D eigenvalue weighted by Gasteiger charge is 2.15. The Bertz CT molecular complexity index is 828. The van der Waals surface area contributed by atoms with Crippen molar-refractivity contribution in [3.63, 3.8) is 0 Å². The number of aromatic nitrogens is 1. The van der Waals surface area contributed by atoms with E-state index in [-0.39, 0.29) is 16.5 Å². The lowest BCUT2D eigenvalue weighted by Crippen LogP contribution is -1.94. The van der Waals surface area contributed by atoms with Crippen LogP contribution in [0.25, 0.3) is 22.6 Å². The average Bonchev–Trinajstić information content (AvgIpc) is 2.84. The van der Waals surface area contributed by atoms with E-state index < -0.39 is 11.8 Å². The SMILES string of the molecule is O=C(O)c1ccc2oc(-c3cccc(F)c3Cl)nc2c1. The van der Waals surface area contributed by atoms with Gasteiger partial charge >= 0.3 is 5.97 Å². The van der Waals surface area contributed by atoms with Gasteiger partial charge in [-0.3, -0.25) is 0 Å². The van der Waals surface area contributed by atoms with Crippen LogP contribution in [0.4, 0.5) is 4.39 Å². The molecule has 0 unspecified atom stereocenters. The van der Waals surface area contributed by atoms with Gasteiger partial charge in [0.05, 0.1) is 16.1 Å². The summed E-state index contributed by atoms with van der Waals surface area (Å²) in [6.45, 7) is 0. The number of hydrogen-bond donors (Lipinski definition) is 1. The van der Waals surface area contributed by atoms with Crippen LogP contribution in [0.1, 0.15) is 10.4 Å². The maximum Gasteiger partial charge on any atom is 0.335 e. The van der Waals surface area contributed by atoms with Crippen LogP contribution >= 0.6 is 11.6 Å². The zero-order chi connectivity index (χ0) is 14.3. The van der Waals surface area contributed by atoms with Gasteiger partial charge in [-0.2, -0.15) is 0 Å². The number of benzene rings is 2. The first-order chi connectivity index (χ1) is 9.56. The lowest BCUT2D eigenvalue weighted by molar-refractivity contribution is 0.0697. The highest BCUT2D eigenvalue weighted by Crippen LogP contribution is 2.31. The van der Waals surface area contributed by atoms with Crippen molar-refractivity contribution in [3.05, 3.63) is 52.8 Å². The molecule has 2 aromatic carbocycles. The molecular weight excluding hydrogens is 285 g/mol. The fourth-order valence-electron chi connectivity index (χ4n) is 1.84. The van der Waals surface area contributed by atoms with Crippen molar-refractivity contribution >= 4 is 28.7 Å². The van der Waals surface area contributed by atoms with Crippen molar-refractivity contribution < 1.29 is 18.7 Å². The average molecular weight is 292 g/mol. The number of carboxylic acids is 1. The molecule has 100 valence electrons. The summed E-state index contributed by atoms with van der Waals surface area (Å²) in [5.74, 6) is -1.48. The molecule has 0 fully saturated rings. The number of aromatic carboxylic acids is 1. The third-order valence-electron chi connectivity index (χ3n) is 2.82. The monoisotopic (exact) mass is 291 g/mol. The summed E-state index contributed by atoms with van der Waals surface area (Å²) in [6, 6.07) is 8.60. The van der Waals surface area contributed by atoms with E-state index in [2.05, 4.69) is 4.98 Å². The van der Waals surface area contributed by atoms with Gasteiger partial charge in [0, 0.05) is 0 Å². The minimum Gasteiger partial charge on any atom is -0.478 e. The predicted octanol–water partition coefficient (Wildman–Crippen LogP) is 3.99. The van der Waals surface area contributed by atoms with Gasteiger partial charge in [0.15, 0.2) is 5.58 Å². The number of nitrogens with zero attached hydrogens (tertiary/aromatic N) is 1. The van der Waals surface area contributed by atoms with E-state index in [9.17, 15) is 9.18 Å². The van der Waals surface area contributed by atoms with Gasteiger partial charge in [0.1, 0.15) is 11.3 Å². The zero-order valence-corrected chi connectivity index (χ0v) is 10.7. The van der Waals surface area contributed by atoms with E-state index in [0.717, 1.165) is 0 Å². The van der Waals surface area contributed by atoms with E-state index in [1.165, 1.54) is 30.3 Å². The van der Waals surface area contributed by atoms with Crippen LogP contribution in [0.5, 0.6) is 0 Å². The van der Waals surface area contributed by atoms with E-state index >= 15 is 0 Å². The van der Waals surface area contributed by atoms with Crippen LogP contribution in [0.15, 0.2) is 40.8 Å². The molecular formula is C14H7ClFNO3. The molecule has 1 aromatic heterocycles. The summed E-state index contributed by atoms with van der Waals surface area (Å²) in [7, 11) is 0. The molecule has 0 aliphatic rings. The fourth-order valence-corrected chi connectivity index (χ4v) is 2.05. The molecule has 0 radical (unpaired) electrons. The second-order valence-corrected chi connectivity index (χ2v) is 4.49. The van der Waals surface area contributed by atoms with Gasteiger partial charge in [0.25, 0.3) is 0 Å². The van der Waals surface area contributed by atoms with Crippen LogP contribution in [0, 0.1) is 5.82 Å². The maximum absolute atomic E-state index is 13.4. The van der Waals surface area contributed by atoms with Crippen LogP contribution in [-0.4, -0.2) is 16.1 Å². The van der Waals surface area contributed by atoms with Crippen molar-refractivity contribution in [1.29, 1.82) is 0 Å².